The van der Waals surface area contributed by atoms with Crippen molar-refractivity contribution in [2.75, 3.05) is 26.1 Å². The maximum absolute atomic E-state index is 5.51. The van der Waals surface area contributed by atoms with E-state index in [9.17, 15) is 0 Å². The normalized spacial score (nSPS) is 10.4. The Labute approximate surface area is 147 Å². The molecule has 0 fully saturated rings. The molecule has 124 valence electrons. The molecule has 0 saturated carbocycles. The number of halogens is 1. The molecule has 0 aromatic heterocycles. The Morgan fingerprint density at radius 1 is 0.957 bits per heavy atom. The van der Waals surface area contributed by atoms with E-state index < -0.39 is 0 Å². The molecule has 2 rings (SSSR count). The van der Waals surface area contributed by atoms with E-state index in [0.29, 0.717) is 0 Å². The lowest BCUT2D eigenvalue weighted by Gasteiger charge is -2.14. The van der Waals surface area contributed by atoms with Crippen LogP contribution in [0, 0.1) is 0 Å². The number of ether oxygens (including phenoxy) is 2. The van der Waals surface area contributed by atoms with Crippen LogP contribution in [0.4, 0.5) is 5.69 Å². The molecule has 0 saturated heterocycles. The first-order chi connectivity index (χ1) is 11.2. The summed E-state index contributed by atoms with van der Waals surface area (Å²) in [5, 5.41) is 3.44. The average molecular weight is 378 g/mol. The number of rotatable bonds is 8. The van der Waals surface area contributed by atoms with Crippen LogP contribution in [-0.2, 0) is 12.8 Å². The highest BCUT2D eigenvalue weighted by atomic mass is 79.9. The largest absolute Gasteiger partial charge is 0.496 e. The van der Waals surface area contributed by atoms with E-state index in [-0.39, 0.29) is 0 Å². The number of nitrogens with one attached hydrogen (secondary N) is 1. The highest BCUT2D eigenvalue weighted by Gasteiger charge is 2.10. The Bertz CT molecular complexity index is 626. The van der Waals surface area contributed by atoms with E-state index in [1.54, 1.807) is 14.2 Å². The fraction of sp³-hybridized carbons (Fsp3) is 0.368. The van der Waals surface area contributed by atoms with Gasteiger partial charge < -0.3 is 14.8 Å². The van der Waals surface area contributed by atoms with E-state index in [0.717, 1.165) is 47.5 Å². The first-order valence-corrected chi connectivity index (χ1v) is 8.70. The smallest absolute Gasteiger partial charge is 0.125 e. The van der Waals surface area contributed by atoms with Gasteiger partial charge in [0.15, 0.2) is 0 Å². The van der Waals surface area contributed by atoms with Crippen LogP contribution in [0.3, 0.4) is 0 Å². The lowest BCUT2D eigenvalue weighted by Crippen LogP contribution is -2.04. The van der Waals surface area contributed by atoms with Gasteiger partial charge in [0, 0.05) is 22.8 Å². The Balaban J connectivity index is 1.95. The molecule has 0 atom stereocenters. The zero-order valence-electron chi connectivity index (χ0n) is 14.0. The zero-order chi connectivity index (χ0) is 16.7. The molecule has 0 spiro atoms. The monoisotopic (exact) mass is 377 g/mol. The second-order valence-electron chi connectivity index (χ2n) is 5.37. The van der Waals surface area contributed by atoms with Crippen molar-refractivity contribution in [2.24, 2.45) is 0 Å². The van der Waals surface area contributed by atoms with Crippen molar-refractivity contribution in [3.8, 4) is 11.5 Å². The first kappa shape index (κ1) is 17.7. The van der Waals surface area contributed by atoms with Gasteiger partial charge in [0.25, 0.3) is 0 Å². The van der Waals surface area contributed by atoms with Gasteiger partial charge in [-0.2, -0.15) is 0 Å². The number of methoxy groups -OCH3 is 2. The highest BCUT2D eigenvalue weighted by molar-refractivity contribution is 9.10. The first-order valence-electron chi connectivity index (χ1n) is 7.91. The standard InChI is InChI=1S/C19H24BrNO2/c1-4-14-12-15(19(23-3)13-18(14)22-2)6-5-11-21-17-9-7-16(20)8-10-17/h7-10,12-13,21H,4-6,11H2,1-3H3. The molecule has 0 radical (unpaired) electrons. The van der Waals surface area contributed by atoms with Crippen LogP contribution in [0.2, 0.25) is 0 Å². The summed E-state index contributed by atoms with van der Waals surface area (Å²) >= 11 is 3.45. The molecule has 4 heteroatoms. The molecule has 0 aliphatic rings. The third kappa shape index (κ3) is 4.90. The molecule has 23 heavy (non-hydrogen) atoms. The molecule has 0 aliphatic heterocycles. The van der Waals surface area contributed by atoms with Gasteiger partial charge in [-0.25, -0.2) is 0 Å². The number of hydrogen-bond donors (Lipinski definition) is 1. The van der Waals surface area contributed by atoms with E-state index >= 15 is 0 Å². The summed E-state index contributed by atoms with van der Waals surface area (Å²) in [4.78, 5) is 0. The van der Waals surface area contributed by atoms with E-state index in [4.69, 9.17) is 9.47 Å². The van der Waals surface area contributed by atoms with Crippen LogP contribution in [0.25, 0.3) is 0 Å². The Kier molecular flexibility index (Phi) is 6.78. The van der Waals surface area contributed by atoms with Crippen molar-refractivity contribution in [1.82, 2.24) is 0 Å². The second kappa shape index (κ2) is 8.82. The topological polar surface area (TPSA) is 30.5 Å². The number of benzene rings is 2. The molecule has 0 bridgehead atoms. The molecule has 0 aliphatic carbocycles. The molecular weight excluding hydrogens is 354 g/mol. The van der Waals surface area contributed by atoms with E-state index in [2.05, 4.69) is 46.4 Å². The zero-order valence-corrected chi connectivity index (χ0v) is 15.6. The van der Waals surface area contributed by atoms with Crippen LogP contribution >= 0.6 is 15.9 Å². The molecule has 0 amide bonds. The van der Waals surface area contributed by atoms with E-state index in [1.165, 1.54) is 11.1 Å². The Hall–Kier alpha value is -1.68. The number of anilines is 1. The third-order valence-electron chi connectivity index (χ3n) is 3.86. The van der Waals surface area contributed by atoms with Gasteiger partial charge in [0.1, 0.15) is 11.5 Å². The molecule has 3 nitrogen and oxygen atoms in total. The van der Waals surface area contributed by atoms with Gasteiger partial charge in [-0.1, -0.05) is 22.9 Å². The Morgan fingerprint density at radius 3 is 2.22 bits per heavy atom. The van der Waals surface area contributed by atoms with E-state index in [1.807, 2.05) is 18.2 Å². The fourth-order valence-electron chi connectivity index (χ4n) is 2.59. The van der Waals surface area contributed by atoms with Crippen LogP contribution < -0.4 is 14.8 Å². The van der Waals surface area contributed by atoms with Crippen molar-refractivity contribution in [2.45, 2.75) is 26.2 Å². The van der Waals surface area contributed by atoms with Crippen LogP contribution in [0.5, 0.6) is 11.5 Å². The number of aryl methyl sites for hydroxylation is 2. The lowest BCUT2D eigenvalue weighted by atomic mass is 10.0. The van der Waals surface area contributed by atoms with Crippen molar-refractivity contribution in [3.05, 3.63) is 52.0 Å². The van der Waals surface area contributed by atoms with Crippen LogP contribution in [0.15, 0.2) is 40.9 Å². The summed E-state index contributed by atoms with van der Waals surface area (Å²) in [6.07, 6.45) is 2.98. The predicted octanol–water partition coefficient (Wildman–Crippen LogP) is 5.07. The lowest BCUT2D eigenvalue weighted by molar-refractivity contribution is 0.388. The minimum absolute atomic E-state index is 0.904. The average Bonchev–Trinajstić information content (AvgIpc) is 2.59. The van der Waals surface area contributed by atoms with Crippen LogP contribution in [-0.4, -0.2) is 20.8 Å². The molecule has 1 N–H and O–H groups in total. The summed E-state index contributed by atoms with van der Waals surface area (Å²) < 4.78 is 12.0. The molecule has 2 aromatic rings. The highest BCUT2D eigenvalue weighted by Crippen LogP contribution is 2.30. The molecule has 2 aromatic carbocycles. The maximum atomic E-state index is 5.51. The van der Waals surface area contributed by atoms with Crippen molar-refractivity contribution in [1.29, 1.82) is 0 Å². The van der Waals surface area contributed by atoms with Gasteiger partial charge in [-0.05, 0) is 60.7 Å². The van der Waals surface area contributed by atoms with Crippen molar-refractivity contribution < 1.29 is 9.47 Å². The van der Waals surface area contributed by atoms with Gasteiger partial charge >= 0.3 is 0 Å². The fourth-order valence-corrected chi connectivity index (χ4v) is 2.85. The van der Waals surface area contributed by atoms with Gasteiger partial charge in [-0.3, -0.25) is 0 Å². The summed E-state index contributed by atoms with van der Waals surface area (Å²) in [7, 11) is 3.42. The Morgan fingerprint density at radius 2 is 1.61 bits per heavy atom. The second-order valence-corrected chi connectivity index (χ2v) is 6.28. The van der Waals surface area contributed by atoms with Gasteiger partial charge in [0.2, 0.25) is 0 Å². The third-order valence-corrected chi connectivity index (χ3v) is 4.39. The minimum atomic E-state index is 0.904. The SMILES string of the molecule is CCc1cc(CCCNc2ccc(Br)cc2)c(OC)cc1OC. The quantitative estimate of drug-likeness (QED) is 0.651. The summed E-state index contributed by atoms with van der Waals surface area (Å²) in [6, 6.07) is 12.4. The van der Waals surface area contributed by atoms with Crippen molar-refractivity contribution in [3.63, 3.8) is 0 Å². The minimum Gasteiger partial charge on any atom is -0.496 e. The van der Waals surface area contributed by atoms with Gasteiger partial charge in [0.05, 0.1) is 14.2 Å². The van der Waals surface area contributed by atoms with Crippen molar-refractivity contribution >= 4 is 21.6 Å². The molecular formula is C19H24BrNO2. The summed E-state index contributed by atoms with van der Waals surface area (Å²) in [5.41, 5.74) is 3.61. The summed E-state index contributed by atoms with van der Waals surface area (Å²) in [6.45, 7) is 3.07. The summed E-state index contributed by atoms with van der Waals surface area (Å²) in [5.74, 6) is 1.81. The molecule has 0 heterocycles. The van der Waals surface area contributed by atoms with Gasteiger partial charge in [-0.15, -0.1) is 0 Å². The maximum Gasteiger partial charge on any atom is 0.125 e. The van der Waals surface area contributed by atoms with Crippen LogP contribution in [0.1, 0.15) is 24.5 Å². The molecule has 0 unspecified atom stereocenters. The number of hydrogen-bond acceptors (Lipinski definition) is 3. The predicted molar refractivity (Wildman–Crippen MR) is 99.9 cm³/mol.